The predicted molar refractivity (Wildman–Crippen MR) is 139 cm³/mol. The Morgan fingerprint density at radius 1 is 0.824 bits per heavy atom. The summed E-state index contributed by atoms with van der Waals surface area (Å²) in [4.78, 5) is 28.6. The smallest absolute Gasteiger partial charge is 0.243 e. The molecule has 0 aliphatic carbocycles. The molecule has 0 aliphatic heterocycles. The summed E-state index contributed by atoms with van der Waals surface area (Å²) in [6.07, 6.45) is 0.443. The highest BCUT2D eigenvalue weighted by atomic mass is 35.5. The van der Waals surface area contributed by atoms with E-state index < -0.39 is 6.04 Å². The number of nitrogens with one attached hydrogen (secondary N) is 1. The lowest BCUT2D eigenvalue weighted by molar-refractivity contribution is -0.141. The van der Waals surface area contributed by atoms with Crippen molar-refractivity contribution < 1.29 is 9.59 Å². The molecule has 7 heteroatoms. The topological polar surface area (TPSA) is 49.4 Å². The van der Waals surface area contributed by atoms with Gasteiger partial charge >= 0.3 is 0 Å². The zero-order valence-electron chi connectivity index (χ0n) is 19.1. The van der Waals surface area contributed by atoms with Crippen molar-refractivity contribution in [1.29, 1.82) is 0 Å². The minimum atomic E-state index is -0.726. The number of rotatable bonds is 9. The Balaban J connectivity index is 1.99. The molecular formula is C27H27Cl3N2O2. The van der Waals surface area contributed by atoms with E-state index in [0.717, 1.165) is 11.1 Å². The lowest BCUT2D eigenvalue weighted by Gasteiger charge is -2.32. The van der Waals surface area contributed by atoms with Crippen LogP contribution in [0.15, 0.2) is 72.8 Å². The van der Waals surface area contributed by atoms with E-state index in [-0.39, 0.29) is 30.8 Å². The molecule has 2 amide bonds. The van der Waals surface area contributed by atoms with Gasteiger partial charge in [0.25, 0.3) is 0 Å². The molecule has 0 bridgehead atoms. The Hall–Kier alpha value is -2.53. The molecule has 0 unspecified atom stereocenters. The van der Waals surface area contributed by atoms with Crippen LogP contribution in [0.25, 0.3) is 0 Å². The number of carbonyl (C=O) groups excluding carboxylic acids is 2. The summed E-state index contributed by atoms with van der Waals surface area (Å²) in [5.74, 6) is -0.424. The van der Waals surface area contributed by atoms with Crippen LogP contribution in [-0.2, 0) is 29.0 Å². The molecule has 0 fully saturated rings. The number of carbonyl (C=O) groups is 2. The van der Waals surface area contributed by atoms with E-state index >= 15 is 0 Å². The number of amides is 2. The maximum Gasteiger partial charge on any atom is 0.243 e. The molecule has 0 heterocycles. The van der Waals surface area contributed by atoms with Crippen LogP contribution in [0.5, 0.6) is 0 Å². The van der Waals surface area contributed by atoms with E-state index in [1.54, 1.807) is 29.2 Å². The van der Waals surface area contributed by atoms with Crippen LogP contribution in [-0.4, -0.2) is 28.8 Å². The van der Waals surface area contributed by atoms with Crippen molar-refractivity contribution in [1.82, 2.24) is 10.2 Å². The van der Waals surface area contributed by atoms with Gasteiger partial charge in [0, 0.05) is 24.0 Å². The van der Waals surface area contributed by atoms with Gasteiger partial charge in [-0.25, -0.2) is 0 Å². The molecule has 3 aromatic carbocycles. The molecule has 0 aromatic heterocycles. The van der Waals surface area contributed by atoms with E-state index in [1.807, 2.05) is 62.4 Å². The second-order valence-corrected chi connectivity index (χ2v) is 9.63. The molecule has 178 valence electrons. The summed E-state index contributed by atoms with van der Waals surface area (Å²) < 4.78 is 0. The SMILES string of the molecule is CC(C)NC(=O)[C@H](Cc1ccccc1)N(Cc1ccccc1Cl)C(=O)Cc1ccc(Cl)c(Cl)c1. The monoisotopic (exact) mass is 516 g/mol. The van der Waals surface area contributed by atoms with Crippen LogP contribution >= 0.6 is 34.8 Å². The van der Waals surface area contributed by atoms with Crippen LogP contribution in [0.4, 0.5) is 0 Å². The molecule has 0 saturated carbocycles. The zero-order valence-corrected chi connectivity index (χ0v) is 21.4. The molecule has 0 radical (unpaired) electrons. The van der Waals surface area contributed by atoms with Crippen molar-refractivity contribution in [2.75, 3.05) is 0 Å². The van der Waals surface area contributed by atoms with Gasteiger partial charge < -0.3 is 10.2 Å². The minimum Gasteiger partial charge on any atom is -0.352 e. The Bertz CT molecular complexity index is 1140. The average molecular weight is 518 g/mol. The number of hydrogen-bond acceptors (Lipinski definition) is 2. The van der Waals surface area contributed by atoms with E-state index in [4.69, 9.17) is 34.8 Å². The molecule has 1 N–H and O–H groups in total. The highest BCUT2D eigenvalue weighted by Crippen LogP contribution is 2.25. The largest absolute Gasteiger partial charge is 0.352 e. The van der Waals surface area contributed by atoms with Gasteiger partial charge in [-0.15, -0.1) is 0 Å². The van der Waals surface area contributed by atoms with E-state index in [9.17, 15) is 9.59 Å². The number of benzene rings is 3. The molecule has 0 saturated heterocycles. The second kappa shape index (κ2) is 12.3. The summed E-state index contributed by atoms with van der Waals surface area (Å²) >= 11 is 18.6. The van der Waals surface area contributed by atoms with Gasteiger partial charge in [0.15, 0.2) is 0 Å². The molecule has 1 atom stereocenters. The van der Waals surface area contributed by atoms with E-state index in [2.05, 4.69) is 5.32 Å². The van der Waals surface area contributed by atoms with Gasteiger partial charge in [-0.05, 0) is 48.7 Å². The Morgan fingerprint density at radius 2 is 1.50 bits per heavy atom. The summed E-state index contributed by atoms with van der Waals surface area (Å²) in [6.45, 7) is 3.99. The van der Waals surface area contributed by atoms with Crippen LogP contribution < -0.4 is 5.32 Å². The van der Waals surface area contributed by atoms with Crippen molar-refractivity contribution in [3.63, 3.8) is 0 Å². The number of halogens is 3. The van der Waals surface area contributed by atoms with Crippen LogP contribution in [0.1, 0.15) is 30.5 Å². The van der Waals surface area contributed by atoms with Crippen LogP contribution in [0.3, 0.4) is 0 Å². The molecular weight excluding hydrogens is 491 g/mol. The Labute approximate surface area is 215 Å². The van der Waals surface area contributed by atoms with Crippen molar-refractivity contribution in [2.45, 2.75) is 45.3 Å². The fourth-order valence-corrected chi connectivity index (χ4v) is 4.19. The Kier molecular flexibility index (Phi) is 9.40. The number of hydrogen-bond donors (Lipinski definition) is 1. The summed E-state index contributed by atoms with van der Waals surface area (Å²) in [5, 5.41) is 4.31. The maximum atomic E-state index is 13.7. The first-order valence-corrected chi connectivity index (χ1v) is 12.2. The molecule has 3 rings (SSSR count). The van der Waals surface area contributed by atoms with Crippen molar-refractivity contribution in [2.24, 2.45) is 0 Å². The fraction of sp³-hybridized carbons (Fsp3) is 0.259. The molecule has 34 heavy (non-hydrogen) atoms. The van der Waals surface area contributed by atoms with Gasteiger partial charge in [-0.3, -0.25) is 9.59 Å². The second-order valence-electron chi connectivity index (χ2n) is 8.41. The molecule has 0 spiro atoms. The van der Waals surface area contributed by atoms with E-state index in [0.29, 0.717) is 27.1 Å². The standard InChI is InChI=1S/C27H27Cl3N2O2/c1-18(2)31-27(34)25(15-19-8-4-3-5-9-19)32(17-21-10-6-7-11-22(21)28)26(33)16-20-12-13-23(29)24(30)14-20/h3-14,18,25H,15-17H2,1-2H3,(H,31,34)/t25-/m0/s1. The lowest BCUT2D eigenvalue weighted by atomic mass is 10.0. The first-order valence-electron chi connectivity index (χ1n) is 11.1. The average Bonchev–Trinajstić information content (AvgIpc) is 2.80. The summed E-state index contributed by atoms with van der Waals surface area (Å²) in [7, 11) is 0. The molecule has 3 aromatic rings. The van der Waals surface area contributed by atoms with Gasteiger partial charge in [-0.2, -0.15) is 0 Å². The quantitative estimate of drug-likeness (QED) is 0.359. The minimum absolute atomic E-state index is 0.0710. The first-order chi connectivity index (χ1) is 16.2. The highest BCUT2D eigenvalue weighted by molar-refractivity contribution is 6.42. The zero-order chi connectivity index (χ0) is 24.7. The molecule has 4 nitrogen and oxygen atoms in total. The Morgan fingerprint density at radius 3 is 2.15 bits per heavy atom. The normalized spacial score (nSPS) is 11.8. The summed E-state index contributed by atoms with van der Waals surface area (Å²) in [6, 6.07) is 21.3. The van der Waals surface area contributed by atoms with Crippen molar-refractivity contribution in [3.05, 3.63) is 105 Å². The summed E-state index contributed by atoms with van der Waals surface area (Å²) in [5.41, 5.74) is 2.44. The third-order valence-corrected chi connectivity index (χ3v) is 6.45. The fourth-order valence-electron chi connectivity index (χ4n) is 3.67. The third-order valence-electron chi connectivity index (χ3n) is 5.34. The predicted octanol–water partition coefficient (Wildman–Crippen LogP) is 6.35. The van der Waals surface area contributed by atoms with E-state index in [1.165, 1.54) is 0 Å². The highest BCUT2D eigenvalue weighted by Gasteiger charge is 2.31. The van der Waals surface area contributed by atoms with Gasteiger partial charge in [-0.1, -0.05) is 89.4 Å². The third kappa shape index (κ3) is 7.23. The first kappa shape index (κ1) is 26.1. The van der Waals surface area contributed by atoms with Crippen molar-refractivity contribution >= 4 is 46.6 Å². The maximum absolute atomic E-state index is 13.7. The van der Waals surface area contributed by atoms with Crippen molar-refractivity contribution in [3.8, 4) is 0 Å². The van der Waals surface area contributed by atoms with Crippen LogP contribution in [0.2, 0.25) is 15.1 Å². The number of nitrogens with zero attached hydrogens (tertiary/aromatic N) is 1. The van der Waals surface area contributed by atoms with Gasteiger partial charge in [0.1, 0.15) is 6.04 Å². The van der Waals surface area contributed by atoms with Gasteiger partial charge in [0.05, 0.1) is 16.5 Å². The molecule has 0 aliphatic rings. The van der Waals surface area contributed by atoms with Crippen LogP contribution in [0, 0.1) is 0 Å². The van der Waals surface area contributed by atoms with Gasteiger partial charge in [0.2, 0.25) is 11.8 Å². The lowest BCUT2D eigenvalue weighted by Crippen LogP contribution is -2.52.